The predicted molar refractivity (Wildman–Crippen MR) is 29.3 cm³/mol. The minimum absolute atomic E-state index is 0. The van der Waals surface area contributed by atoms with Gasteiger partial charge in [-0.05, 0) is 6.42 Å². The summed E-state index contributed by atoms with van der Waals surface area (Å²) in [6.07, 6.45) is -0.450. The van der Waals surface area contributed by atoms with Crippen molar-refractivity contribution in [2.45, 2.75) is 13.3 Å². The number of carboxylic acid groups (broad SMARTS) is 1. The molecule has 0 aromatic carbocycles. The van der Waals surface area contributed by atoms with Crippen LogP contribution in [0.5, 0.6) is 0 Å². The fraction of sp³-hybridized carbons (Fsp3) is 0.750. The van der Waals surface area contributed by atoms with Gasteiger partial charge in [-0.2, -0.15) is 0 Å². The smallest absolute Gasteiger partial charge is 0.450 e. The van der Waals surface area contributed by atoms with Crippen molar-refractivity contribution in [2.75, 3.05) is 6.61 Å². The van der Waals surface area contributed by atoms with E-state index < -0.39 is 6.16 Å². The molecular formula is C4H11NO3. The van der Waals surface area contributed by atoms with Crippen molar-refractivity contribution in [1.29, 1.82) is 0 Å². The average molecular weight is 121 g/mol. The van der Waals surface area contributed by atoms with Crippen LogP contribution in [0.15, 0.2) is 0 Å². The van der Waals surface area contributed by atoms with E-state index in [0.29, 0.717) is 6.61 Å². The van der Waals surface area contributed by atoms with Crippen LogP contribution in [0.1, 0.15) is 13.3 Å². The van der Waals surface area contributed by atoms with Gasteiger partial charge in [0, 0.05) is 0 Å². The van der Waals surface area contributed by atoms with Crippen molar-refractivity contribution in [2.24, 2.45) is 0 Å². The largest absolute Gasteiger partial charge is 0.505 e. The lowest BCUT2D eigenvalue weighted by molar-refractivity contribution is 0.0918. The fourth-order valence-corrected chi connectivity index (χ4v) is 0.189. The summed E-state index contributed by atoms with van der Waals surface area (Å²) in [5.74, 6) is 0. The van der Waals surface area contributed by atoms with Gasteiger partial charge in [-0.25, -0.2) is 4.79 Å². The number of hydrogen-bond acceptors (Lipinski definition) is 3. The standard InChI is InChI=1S/C4H8O3.H3N/c1-2-3-7-4(5)6;/h2-3H2,1H3,(H,5,6);1H3. The molecule has 0 atom stereocenters. The molecule has 0 radical (unpaired) electrons. The lowest BCUT2D eigenvalue weighted by atomic mass is 10.5. The molecule has 0 unspecified atom stereocenters. The first kappa shape index (κ1) is 10.3. The molecule has 4 nitrogen and oxygen atoms in total. The van der Waals surface area contributed by atoms with Crippen molar-refractivity contribution >= 4 is 6.16 Å². The van der Waals surface area contributed by atoms with E-state index in [1.54, 1.807) is 0 Å². The Balaban J connectivity index is 0. The highest BCUT2D eigenvalue weighted by atomic mass is 16.7. The van der Waals surface area contributed by atoms with Crippen LogP contribution in [0, 0.1) is 0 Å². The van der Waals surface area contributed by atoms with E-state index in [1.807, 2.05) is 6.92 Å². The second-order valence-electron chi connectivity index (χ2n) is 1.11. The van der Waals surface area contributed by atoms with Crippen LogP contribution in [-0.2, 0) is 4.74 Å². The van der Waals surface area contributed by atoms with Gasteiger partial charge in [0.05, 0.1) is 6.61 Å². The molecule has 0 aromatic heterocycles. The minimum atomic E-state index is -1.19. The first-order chi connectivity index (χ1) is 3.27. The summed E-state index contributed by atoms with van der Waals surface area (Å²) in [5, 5.41) is 7.82. The van der Waals surface area contributed by atoms with E-state index in [9.17, 15) is 4.79 Å². The van der Waals surface area contributed by atoms with Crippen LogP contribution in [-0.4, -0.2) is 17.9 Å². The van der Waals surface area contributed by atoms with Gasteiger partial charge in [0.25, 0.3) is 0 Å². The Kier molecular flexibility index (Phi) is 7.99. The number of ether oxygens (including phenoxy) is 1. The Bertz CT molecular complexity index is 64.3. The Morgan fingerprint density at radius 2 is 2.25 bits per heavy atom. The van der Waals surface area contributed by atoms with E-state index in [0.717, 1.165) is 6.42 Å². The van der Waals surface area contributed by atoms with E-state index in [4.69, 9.17) is 5.11 Å². The Morgan fingerprint density at radius 3 is 2.38 bits per heavy atom. The van der Waals surface area contributed by atoms with E-state index in [2.05, 4.69) is 4.74 Å². The maximum atomic E-state index is 9.54. The monoisotopic (exact) mass is 121 g/mol. The highest BCUT2D eigenvalue weighted by Crippen LogP contribution is 1.78. The molecule has 0 bridgehead atoms. The van der Waals surface area contributed by atoms with Gasteiger partial charge < -0.3 is 16.0 Å². The normalized spacial score (nSPS) is 7.12. The van der Waals surface area contributed by atoms with Crippen LogP contribution >= 0.6 is 0 Å². The summed E-state index contributed by atoms with van der Waals surface area (Å²) in [4.78, 5) is 9.54. The van der Waals surface area contributed by atoms with Gasteiger partial charge in [-0.15, -0.1) is 0 Å². The Morgan fingerprint density at radius 1 is 1.75 bits per heavy atom. The minimum Gasteiger partial charge on any atom is -0.450 e. The van der Waals surface area contributed by atoms with Crippen LogP contribution in [0.4, 0.5) is 4.79 Å². The third-order valence-electron chi connectivity index (χ3n) is 0.430. The van der Waals surface area contributed by atoms with Crippen LogP contribution in [0.2, 0.25) is 0 Å². The van der Waals surface area contributed by atoms with Crippen molar-refractivity contribution in [3.8, 4) is 0 Å². The molecule has 0 heterocycles. The van der Waals surface area contributed by atoms with Crippen LogP contribution in [0.3, 0.4) is 0 Å². The zero-order valence-electron chi connectivity index (χ0n) is 4.89. The summed E-state index contributed by atoms with van der Waals surface area (Å²) in [6.45, 7) is 2.15. The van der Waals surface area contributed by atoms with Crippen molar-refractivity contribution in [3.05, 3.63) is 0 Å². The molecular weight excluding hydrogens is 110 g/mol. The molecule has 0 spiro atoms. The SMILES string of the molecule is CCCOC(=O)O.N. The number of carbonyl (C=O) groups is 1. The molecule has 50 valence electrons. The van der Waals surface area contributed by atoms with E-state index in [-0.39, 0.29) is 6.15 Å². The number of rotatable bonds is 2. The Labute approximate surface area is 48.0 Å². The maximum Gasteiger partial charge on any atom is 0.505 e. The highest BCUT2D eigenvalue weighted by Gasteiger charge is 1.89. The fourth-order valence-electron chi connectivity index (χ4n) is 0.189. The second kappa shape index (κ2) is 6.23. The lowest BCUT2D eigenvalue weighted by Crippen LogP contribution is -1.99. The van der Waals surface area contributed by atoms with Gasteiger partial charge in [0.15, 0.2) is 0 Å². The van der Waals surface area contributed by atoms with Gasteiger partial charge in [0.1, 0.15) is 0 Å². The first-order valence-electron chi connectivity index (χ1n) is 2.13. The van der Waals surface area contributed by atoms with Crippen LogP contribution in [0.25, 0.3) is 0 Å². The summed E-state index contributed by atoms with van der Waals surface area (Å²) >= 11 is 0. The third kappa shape index (κ3) is 8.97. The van der Waals surface area contributed by atoms with Gasteiger partial charge >= 0.3 is 6.16 Å². The van der Waals surface area contributed by atoms with Gasteiger partial charge in [-0.3, -0.25) is 0 Å². The maximum absolute atomic E-state index is 9.54. The van der Waals surface area contributed by atoms with Gasteiger partial charge in [-0.1, -0.05) is 6.92 Å². The quantitative estimate of drug-likeness (QED) is 0.538. The molecule has 4 heteroatoms. The zero-order valence-corrected chi connectivity index (χ0v) is 4.89. The summed E-state index contributed by atoms with van der Waals surface area (Å²) in [6, 6.07) is 0. The molecule has 8 heavy (non-hydrogen) atoms. The Hall–Kier alpha value is -0.770. The molecule has 0 aliphatic rings. The summed E-state index contributed by atoms with van der Waals surface area (Å²) in [5.41, 5.74) is 0. The average Bonchev–Trinajstić information content (AvgIpc) is 1.61. The van der Waals surface area contributed by atoms with Crippen LogP contribution < -0.4 is 6.15 Å². The molecule has 0 aliphatic heterocycles. The first-order valence-corrected chi connectivity index (χ1v) is 2.13. The van der Waals surface area contributed by atoms with E-state index in [1.165, 1.54) is 0 Å². The molecule has 0 aromatic rings. The molecule has 0 fully saturated rings. The van der Waals surface area contributed by atoms with Crippen molar-refractivity contribution in [1.82, 2.24) is 6.15 Å². The lowest BCUT2D eigenvalue weighted by Gasteiger charge is -1.91. The van der Waals surface area contributed by atoms with E-state index >= 15 is 0 Å². The molecule has 4 N–H and O–H groups in total. The molecule has 0 saturated carbocycles. The topological polar surface area (TPSA) is 81.5 Å². The molecule has 0 amide bonds. The summed E-state index contributed by atoms with van der Waals surface area (Å²) in [7, 11) is 0. The van der Waals surface area contributed by atoms with Crippen molar-refractivity contribution < 1.29 is 14.6 Å². The predicted octanol–water partition coefficient (Wildman–Crippen LogP) is 1.25. The zero-order chi connectivity index (χ0) is 5.70. The third-order valence-corrected chi connectivity index (χ3v) is 0.430. The number of hydrogen-bond donors (Lipinski definition) is 2. The molecule has 0 rings (SSSR count). The summed E-state index contributed by atoms with van der Waals surface area (Å²) < 4.78 is 4.11. The highest BCUT2D eigenvalue weighted by molar-refractivity contribution is 5.56. The molecule has 0 saturated heterocycles. The van der Waals surface area contributed by atoms with Gasteiger partial charge in [0.2, 0.25) is 0 Å². The molecule has 0 aliphatic carbocycles. The van der Waals surface area contributed by atoms with Crippen molar-refractivity contribution in [3.63, 3.8) is 0 Å². The second-order valence-corrected chi connectivity index (χ2v) is 1.11.